The zero-order chi connectivity index (χ0) is 18.0. The molecule has 2 atom stereocenters. The van der Waals surface area contributed by atoms with E-state index in [4.69, 9.17) is 14.9 Å². The smallest absolute Gasteiger partial charge is 0.273 e. The van der Waals surface area contributed by atoms with Gasteiger partial charge in [-0.25, -0.2) is 13.8 Å². The van der Waals surface area contributed by atoms with Crippen molar-refractivity contribution < 1.29 is 22.7 Å². The zero-order valence-corrected chi connectivity index (χ0v) is 13.2. The summed E-state index contributed by atoms with van der Waals surface area (Å²) >= 11 is 0. The number of oxazole rings is 1. The normalized spacial score (nSPS) is 19.4. The number of alkyl halides is 1. The van der Waals surface area contributed by atoms with Gasteiger partial charge in [0.2, 0.25) is 11.8 Å². The molecule has 1 aliphatic rings. The molecule has 1 amide bonds. The van der Waals surface area contributed by atoms with Crippen LogP contribution in [0.25, 0.3) is 0 Å². The number of nitrogens with one attached hydrogen (secondary N) is 1. The molecule has 1 aromatic carbocycles. The van der Waals surface area contributed by atoms with Crippen LogP contribution in [-0.2, 0) is 0 Å². The van der Waals surface area contributed by atoms with Gasteiger partial charge < -0.3 is 20.2 Å². The van der Waals surface area contributed by atoms with Gasteiger partial charge in [0.25, 0.3) is 5.91 Å². The SMILES string of the molecule is COc1ccc(Nc2oc(C3C(F)=CC=CC3F)nc2C(N)=O)cc1. The Balaban J connectivity index is 1.93. The quantitative estimate of drug-likeness (QED) is 0.865. The molecule has 0 aliphatic heterocycles. The third-order valence-electron chi connectivity index (χ3n) is 3.66. The van der Waals surface area contributed by atoms with Crippen molar-refractivity contribution in [3.05, 3.63) is 59.9 Å². The van der Waals surface area contributed by atoms with Gasteiger partial charge in [-0.15, -0.1) is 0 Å². The van der Waals surface area contributed by atoms with Gasteiger partial charge >= 0.3 is 0 Å². The lowest BCUT2D eigenvalue weighted by molar-refractivity contribution is 0.0996. The molecule has 0 bridgehead atoms. The summed E-state index contributed by atoms with van der Waals surface area (Å²) in [7, 11) is 1.53. The summed E-state index contributed by atoms with van der Waals surface area (Å²) in [6.45, 7) is 0. The van der Waals surface area contributed by atoms with Gasteiger partial charge in [0.15, 0.2) is 5.69 Å². The number of primary amides is 1. The summed E-state index contributed by atoms with van der Waals surface area (Å²) in [5, 5.41) is 2.83. The number of benzene rings is 1. The van der Waals surface area contributed by atoms with Crippen molar-refractivity contribution in [3.8, 4) is 5.75 Å². The monoisotopic (exact) mass is 347 g/mol. The number of allylic oxidation sites excluding steroid dienone is 4. The Bertz CT molecular complexity index is 843. The topological polar surface area (TPSA) is 90.4 Å². The molecular formula is C17H15F2N3O3. The Kier molecular flexibility index (Phi) is 4.51. The van der Waals surface area contributed by atoms with Gasteiger partial charge in [0.05, 0.1) is 7.11 Å². The second kappa shape index (κ2) is 6.76. The number of methoxy groups -OCH3 is 1. The fourth-order valence-corrected chi connectivity index (χ4v) is 2.40. The fourth-order valence-electron chi connectivity index (χ4n) is 2.40. The third kappa shape index (κ3) is 3.37. The van der Waals surface area contributed by atoms with E-state index in [1.165, 1.54) is 19.3 Å². The van der Waals surface area contributed by atoms with E-state index < -0.39 is 23.8 Å². The van der Waals surface area contributed by atoms with Crippen LogP contribution in [0.3, 0.4) is 0 Å². The molecule has 25 heavy (non-hydrogen) atoms. The highest BCUT2D eigenvalue weighted by Crippen LogP contribution is 2.36. The minimum atomic E-state index is -1.65. The summed E-state index contributed by atoms with van der Waals surface area (Å²) in [6, 6.07) is 6.73. The maximum absolute atomic E-state index is 14.0. The highest BCUT2D eigenvalue weighted by molar-refractivity contribution is 5.96. The highest BCUT2D eigenvalue weighted by Gasteiger charge is 2.34. The number of rotatable bonds is 5. The lowest BCUT2D eigenvalue weighted by Crippen LogP contribution is -2.17. The number of carbonyl (C=O) groups is 1. The maximum atomic E-state index is 14.0. The number of anilines is 2. The predicted molar refractivity (Wildman–Crippen MR) is 87.3 cm³/mol. The number of amides is 1. The van der Waals surface area contributed by atoms with Gasteiger partial charge in [0.1, 0.15) is 23.7 Å². The van der Waals surface area contributed by atoms with E-state index in [2.05, 4.69) is 10.3 Å². The molecule has 0 fully saturated rings. The Labute approximate surface area is 142 Å². The first-order valence-corrected chi connectivity index (χ1v) is 7.39. The van der Waals surface area contributed by atoms with E-state index in [1.54, 1.807) is 24.3 Å². The molecule has 0 spiro atoms. The minimum Gasteiger partial charge on any atom is -0.497 e. The summed E-state index contributed by atoms with van der Waals surface area (Å²) < 4.78 is 38.4. The van der Waals surface area contributed by atoms with Crippen molar-refractivity contribution in [3.63, 3.8) is 0 Å². The van der Waals surface area contributed by atoms with E-state index in [1.807, 2.05) is 0 Å². The minimum absolute atomic E-state index is 0.0813. The van der Waals surface area contributed by atoms with Crippen molar-refractivity contribution in [1.29, 1.82) is 0 Å². The van der Waals surface area contributed by atoms with Crippen molar-refractivity contribution in [2.75, 3.05) is 12.4 Å². The van der Waals surface area contributed by atoms with Crippen LogP contribution >= 0.6 is 0 Å². The molecule has 1 aromatic heterocycles. The molecule has 8 heteroatoms. The standard InChI is InChI=1S/C17H15F2N3O3/c1-24-10-7-5-9(6-8-10)21-17-14(15(20)23)22-16(25-17)13-11(18)3-2-4-12(13)19/h2-8,11,13,21H,1H3,(H2,20,23). The molecule has 3 rings (SSSR count). The van der Waals surface area contributed by atoms with Crippen molar-refractivity contribution in [2.24, 2.45) is 5.73 Å². The second-order valence-electron chi connectivity index (χ2n) is 5.31. The van der Waals surface area contributed by atoms with Crippen LogP contribution in [-0.4, -0.2) is 24.2 Å². The van der Waals surface area contributed by atoms with Gasteiger partial charge in [-0.1, -0.05) is 6.08 Å². The van der Waals surface area contributed by atoms with Crippen LogP contribution < -0.4 is 15.8 Å². The second-order valence-corrected chi connectivity index (χ2v) is 5.31. The Hall–Kier alpha value is -3.16. The summed E-state index contributed by atoms with van der Waals surface area (Å²) in [6.07, 6.45) is 1.91. The largest absolute Gasteiger partial charge is 0.497 e. The van der Waals surface area contributed by atoms with Crippen molar-refractivity contribution in [2.45, 2.75) is 12.1 Å². The molecule has 3 N–H and O–H groups in total. The number of nitrogens with zero attached hydrogens (tertiary/aromatic N) is 1. The number of nitrogens with two attached hydrogens (primary N) is 1. The van der Waals surface area contributed by atoms with Crippen LogP contribution in [0, 0.1) is 0 Å². The number of ether oxygens (including phenoxy) is 1. The summed E-state index contributed by atoms with van der Waals surface area (Å²) in [5.74, 6) is -2.69. The first-order chi connectivity index (χ1) is 12.0. The Morgan fingerprint density at radius 1 is 1.36 bits per heavy atom. The average molecular weight is 347 g/mol. The van der Waals surface area contributed by atoms with Crippen molar-refractivity contribution >= 4 is 17.5 Å². The molecule has 130 valence electrons. The average Bonchev–Trinajstić information content (AvgIpc) is 2.99. The first-order valence-electron chi connectivity index (χ1n) is 7.39. The number of halogens is 2. The highest BCUT2D eigenvalue weighted by atomic mass is 19.1. The lowest BCUT2D eigenvalue weighted by atomic mass is 9.97. The van der Waals surface area contributed by atoms with E-state index in [0.717, 1.165) is 6.08 Å². The molecule has 1 aliphatic carbocycles. The van der Waals surface area contributed by atoms with Crippen LogP contribution in [0.2, 0.25) is 0 Å². The summed E-state index contributed by atoms with van der Waals surface area (Å²) in [5.41, 5.74) is 5.61. The van der Waals surface area contributed by atoms with Crippen LogP contribution in [0.4, 0.5) is 20.4 Å². The summed E-state index contributed by atoms with van der Waals surface area (Å²) in [4.78, 5) is 15.5. The van der Waals surface area contributed by atoms with Crippen LogP contribution in [0.1, 0.15) is 22.3 Å². The molecular weight excluding hydrogens is 332 g/mol. The first kappa shape index (κ1) is 16.7. The van der Waals surface area contributed by atoms with E-state index in [9.17, 15) is 13.6 Å². The van der Waals surface area contributed by atoms with Crippen LogP contribution in [0.15, 0.2) is 52.7 Å². The number of hydrogen-bond donors (Lipinski definition) is 2. The number of aromatic nitrogens is 1. The Morgan fingerprint density at radius 3 is 2.68 bits per heavy atom. The maximum Gasteiger partial charge on any atom is 0.273 e. The van der Waals surface area contributed by atoms with Gasteiger partial charge in [-0.05, 0) is 36.4 Å². The molecule has 0 radical (unpaired) electrons. The predicted octanol–water partition coefficient (Wildman–Crippen LogP) is 3.37. The molecule has 2 aromatic rings. The number of carbonyl (C=O) groups excluding carboxylic acids is 1. The molecule has 0 saturated heterocycles. The van der Waals surface area contributed by atoms with Gasteiger partial charge in [-0.2, -0.15) is 0 Å². The fraction of sp³-hybridized carbons (Fsp3) is 0.176. The van der Waals surface area contributed by atoms with Gasteiger partial charge in [0, 0.05) is 5.69 Å². The number of hydrogen-bond acceptors (Lipinski definition) is 5. The Morgan fingerprint density at radius 2 is 2.08 bits per heavy atom. The van der Waals surface area contributed by atoms with E-state index in [-0.39, 0.29) is 17.5 Å². The lowest BCUT2D eigenvalue weighted by Gasteiger charge is -2.16. The molecule has 0 saturated carbocycles. The van der Waals surface area contributed by atoms with Gasteiger partial charge in [-0.3, -0.25) is 4.79 Å². The third-order valence-corrected chi connectivity index (χ3v) is 3.66. The van der Waals surface area contributed by atoms with Crippen molar-refractivity contribution in [1.82, 2.24) is 4.98 Å². The zero-order valence-electron chi connectivity index (χ0n) is 13.2. The van der Waals surface area contributed by atoms with E-state index in [0.29, 0.717) is 11.4 Å². The molecule has 2 unspecified atom stereocenters. The van der Waals surface area contributed by atoms with E-state index >= 15 is 0 Å². The molecule has 6 nitrogen and oxygen atoms in total. The van der Waals surface area contributed by atoms with Crippen LogP contribution in [0.5, 0.6) is 5.75 Å². The molecule has 1 heterocycles.